The van der Waals surface area contributed by atoms with Crippen molar-refractivity contribution in [3.05, 3.63) is 36.2 Å². The predicted molar refractivity (Wildman–Crippen MR) is 86.9 cm³/mol. The zero-order chi connectivity index (χ0) is 16.2. The second-order valence-corrected chi connectivity index (χ2v) is 6.34. The zero-order valence-electron chi connectivity index (χ0n) is 13.5. The Bertz CT molecular complexity index is 654. The van der Waals surface area contributed by atoms with E-state index in [0.29, 0.717) is 30.7 Å². The Kier molecular flexibility index (Phi) is 4.60. The highest BCUT2D eigenvalue weighted by Crippen LogP contribution is 2.27. The lowest BCUT2D eigenvalue weighted by Gasteiger charge is -2.17. The van der Waals surface area contributed by atoms with E-state index < -0.39 is 0 Å². The summed E-state index contributed by atoms with van der Waals surface area (Å²) in [4.78, 5) is 18.4. The number of benzene rings is 1. The third kappa shape index (κ3) is 3.70. The number of rotatable bonds is 4. The normalized spacial score (nSPS) is 17.7. The molecule has 1 fully saturated rings. The molecule has 6 nitrogen and oxygen atoms in total. The maximum Gasteiger partial charge on any atom is 0.317 e. The van der Waals surface area contributed by atoms with Crippen molar-refractivity contribution < 1.29 is 9.32 Å². The van der Waals surface area contributed by atoms with Crippen LogP contribution in [0.3, 0.4) is 0 Å². The van der Waals surface area contributed by atoms with Gasteiger partial charge in [-0.1, -0.05) is 37.2 Å². The van der Waals surface area contributed by atoms with Crippen LogP contribution in [-0.4, -0.2) is 40.7 Å². The van der Waals surface area contributed by atoms with Gasteiger partial charge >= 0.3 is 6.03 Å². The Hall–Kier alpha value is -2.37. The molecule has 1 aliphatic rings. The Morgan fingerprint density at radius 3 is 2.91 bits per heavy atom. The fourth-order valence-electron chi connectivity index (χ4n) is 2.66. The van der Waals surface area contributed by atoms with Crippen molar-refractivity contribution in [3.63, 3.8) is 0 Å². The number of likely N-dealkylation sites (tertiary alicyclic amines) is 1. The van der Waals surface area contributed by atoms with Crippen molar-refractivity contribution in [2.45, 2.75) is 26.2 Å². The second-order valence-electron chi connectivity index (χ2n) is 6.34. The third-order valence-electron chi connectivity index (χ3n) is 3.96. The maximum absolute atomic E-state index is 12.1. The summed E-state index contributed by atoms with van der Waals surface area (Å²) in [5.41, 5.74) is 0.913. The molecule has 0 bridgehead atoms. The van der Waals surface area contributed by atoms with Gasteiger partial charge in [0.15, 0.2) is 5.82 Å². The van der Waals surface area contributed by atoms with Crippen molar-refractivity contribution in [2.24, 2.45) is 5.92 Å². The largest absolute Gasteiger partial charge is 0.338 e. The van der Waals surface area contributed by atoms with Gasteiger partial charge in [-0.05, 0) is 24.5 Å². The van der Waals surface area contributed by atoms with Crippen LogP contribution in [0, 0.1) is 5.92 Å². The van der Waals surface area contributed by atoms with E-state index in [9.17, 15) is 4.79 Å². The van der Waals surface area contributed by atoms with Crippen LogP contribution in [0.2, 0.25) is 0 Å². The van der Waals surface area contributed by atoms with Gasteiger partial charge in [-0.2, -0.15) is 4.98 Å². The van der Waals surface area contributed by atoms with E-state index in [-0.39, 0.29) is 11.9 Å². The molecule has 122 valence electrons. The molecule has 1 atom stereocenters. The first-order chi connectivity index (χ1) is 11.1. The lowest BCUT2D eigenvalue weighted by Crippen LogP contribution is -2.39. The van der Waals surface area contributed by atoms with Crippen LogP contribution in [-0.2, 0) is 0 Å². The van der Waals surface area contributed by atoms with Gasteiger partial charge in [0.25, 0.3) is 5.89 Å². The van der Waals surface area contributed by atoms with Gasteiger partial charge in [0, 0.05) is 31.1 Å². The highest BCUT2D eigenvalue weighted by Gasteiger charge is 2.30. The molecule has 0 aliphatic carbocycles. The second kappa shape index (κ2) is 6.81. The summed E-state index contributed by atoms with van der Waals surface area (Å²) in [7, 11) is 0. The van der Waals surface area contributed by atoms with Crippen molar-refractivity contribution >= 4 is 6.03 Å². The number of urea groups is 1. The Balaban J connectivity index is 1.61. The van der Waals surface area contributed by atoms with Crippen LogP contribution in [0.15, 0.2) is 34.9 Å². The van der Waals surface area contributed by atoms with Gasteiger partial charge < -0.3 is 14.7 Å². The molecular weight excluding hydrogens is 292 g/mol. The lowest BCUT2D eigenvalue weighted by atomic mass is 10.1. The summed E-state index contributed by atoms with van der Waals surface area (Å²) < 4.78 is 5.36. The van der Waals surface area contributed by atoms with Crippen molar-refractivity contribution in [1.82, 2.24) is 20.4 Å². The fraction of sp³-hybridized carbons (Fsp3) is 0.471. The molecule has 1 aromatic carbocycles. The smallest absolute Gasteiger partial charge is 0.317 e. The van der Waals surface area contributed by atoms with Crippen LogP contribution in [0.5, 0.6) is 0 Å². The van der Waals surface area contributed by atoms with Crippen LogP contribution < -0.4 is 5.32 Å². The summed E-state index contributed by atoms with van der Waals surface area (Å²) in [5.74, 6) is 1.80. The zero-order valence-corrected chi connectivity index (χ0v) is 13.5. The van der Waals surface area contributed by atoms with Gasteiger partial charge in [-0.15, -0.1) is 0 Å². The molecule has 2 aromatic rings. The molecular formula is C17H22N4O2. The average molecular weight is 314 g/mol. The maximum atomic E-state index is 12.1. The fourth-order valence-corrected chi connectivity index (χ4v) is 2.66. The molecule has 0 radical (unpaired) electrons. The molecule has 6 heteroatoms. The standard InChI is InChI=1S/C17H22N4O2/c1-12(2)10-18-17(22)21-9-8-14(11-21)15-19-16(23-20-15)13-6-4-3-5-7-13/h3-7,12,14H,8-11H2,1-2H3,(H,18,22). The molecule has 1 N–H and O–H groups in total. The SMILES string of the molecule is CC(C)CNC(=O)N1CCC(c2noc(-c3ccccc3)n2)C1. The quantitative estimate of drug-likeness (QED) is 0.942. The molecule has 0 spiro atoms. The Morgan fingerprint density at radius 2 is 2.17 bits per heavy atom. The van der Waals surface area contributed by atoms with Gasteiger partial charge in [0.05, 0.1) is 0 Å². The minimum atomic E-state index is -0.00650. The summed E-state index contributed by atoms with van der Waals surface area (Å²) in [6, 6.07) is 9.71. The number of carbonyl (C=O) groups is 1. The summed E-state index contributed by atoms with van der Waals surface area (Å²) in [5, 5.41) is 7.05. The highest BCUT2D eigenvalue weighted by molar-refractivity contribution is 5.74. The predicted octanol–water partition coefficient (Wildman–Crippen LogP) is 2.89. The molecule has 2 amide bonds. The molecule has 1 saturated heterocycles. The molecule has 0 saturated carbocycles. The number of nitrogens with one attached hydrogen (secondary N) is 1. The van der Waals surface area contributed by atoms with E-state index in [0.717, 1.165) is 18.5 Å². The van der Waals surface area contributed by atoms with Crippen LogP contribution in [0.25, 0.3) is 11.5 Å². The molecule has 3 rings (SSSR count). The first kappa shape index (κ1) is 15.5. The van der Waals surface area contributed by atoms with Crippen molar-refractivity contribution in [2.75, 3.05) is 19.6 Å². The number of hydrogen-bond donors (Lipinski definition) is 1. The lowest BCUT2D eigenvalue weighted by molar-refractivity contribution is 0.206. The number of amides is 2. The first-order valence-corrected chi connectivity index (χ1v) is 8.05. The van der Waals surface area contributed by atoms with Gasteiger partial charge in [-0.25, -0.2) is 4.79 Å². The number of aromatic nitrogens is 2. The van der Waals surface area contributed by atoms with Crippen LogP contribution in [0.4, 0.5) is 4.79 Å². The van der Waals surface area contributed by atoms with Crippen LogP contribution in [0.1, 0.15) is 32.0 Å². The van der Waals surface area contributed by atoms with Gasteiger partial charge in [0.2, 0.25) is 0 Å². The van der Waals surface area contributed by atoms with Crippen LogP contribution >= 0.6 is 0 Å². The van der Waals surface area contributed by atoms with E-state index in [1.807, 2.05) is 35.2 Å². The molecule has 2 heterocycles. The summed E-state index contributed by atoms with van der Waals surface area (Å²) >= 11 is 0. The van der Waals surface area contributed by atoms with E-state index in [4.69, 9.17) is 4.52 Å². The minimum Gasteiger partial charge on any atom is -0.338 e. The highest BCUT2D eigenvalue weighted by atomic mass is 16.5. The van der Waals surface area contributed by atoms with E-state index >= 15 is 0 Å². The average Bonchev–Trinajstić information content (AvgIpc) is 3.22. The van der Waals surface area contributed by atoms with E-state index in [2.05, 4.69) is 29.3 Å². The number of nitrogens with zero attached hydrogens (tertiary/aromatic N) is 3. The number of carbonyl (C=O) groups excluding carboxylic acids is 1. The summed E-state index contributed by atoms with van der Waals surface area (Å²) in [6.07, 6.45) is 0.864. The van der Waals surface area contributed by atoms with Crippen molar-refractivity contribution in [3.8, 4) is 11.5 Å². The third-order valence-corrected chi connectivity index (χ3v) is 3.96. The topological polar surface area (TPSA) is 71.3 Å². The Labute approximate surface area is 135 Å². The number of hydrogen-bond acceptors (Lipinski definition) is 4. The first-order valence-electron chi connectivity index (χ1n) is 8.05. The molecule has 1 aromatic heterocycles. The van der Waals surface area contributed by atoms with E-state index in [1.54, 1.807) is 0 Å². The Morgan fingerprint density at radius 1 is 1.39 bits per heavy atom. The van der Waals surface area contributed by atoms with Gasteiger partial charge in [0.1, 0.15) is 0 Å². The molecule has 1 unspecified atom stereocenters. The molecule has 23 heavy (non-hydrogen) atoms. The van der Waals surface area contributed by atoms with E-state index in [1.165, 1.54) is 0 Å². The van der Waals surface area contributed by atoms with Gasteiger partial charge in [-0.3, -0.25) is 0 Å². The summed E-state index contributed by atoms with van der Waals surface area (Å²) in [6.45, 7) is 6.22. The monoisotopic (exact) mass is 314 g/mol. The van der Waals surface area contributed by atoms with Crippen molar-refractivity contribution in [1.29, 1.82) is 0 Å². The molecule has 1 aliphatic heterocycles. The minimum absolute atomic E-state index is 0.00650.